The van der Waals surface area contributed by atoms with Crippen molar-refractivity contribution < 1.29 is 23.1 Å². The van der Waals surface area contributed by atoms with Gasteiger partial charge < -0.3 is 9.84 Å². The number of nitrogens with one attached hydrogen (secondary N) is 1. The van der Waals surface area contributed by atoms with Crippen LogP contribution in [0.1, 0.15) is 27.0 Å². The molecule has 0 aliphatic carbocycles. The number of benzene rings is 3. The number of hydrogen-bond donors (Lipinski definition) is 2. The van der Waals surface area contributed by atoms with Crippen molar-refractivity contribution in [3.8, 4) is 5.75 Å². The summed E-state index contributed by atoms with van der Waals surface area (Å²) in [6, 6.07) is 16.8. The van der Waals surface area contributed by atoms with E-state index in [0.29, 0.717) is 23.3 Å². The molecular weight excluding hydrogens is 426 g/mol. The molecule has 0 heterocycles. The molecule has 0 aliphatic rings. The second kappa shape index (κ2) is 8.77. The number of aromatic carboxylic acids is 1. The lowest BCUT2D eigenvalue weighted by Gasteiger charge is -2.17. The number of carbonyl (C=O) groups is 1. The monoisotopic (exact) mass is 445 g/mol. The maximum absolute atomic E-state index is 13.3. The molecule has 3 rings (SSSR count). The van der Waals surface area contributed by atoms with E-state index in [1.54, 1.807) is 19.1 Å². The van der Waals surface area contributed by atoms with Crippen molar-refractivity contribution in [2.24, 2.45) is 0 Å². The van der Waals surface area contributed by atoms with E-state index in [-0.39, 0.29) is 21.2 Å². The Balaban J connectivity index is 2.09. The maximum atomic E-state index is 13.3. The molecule has 0 radical (unpaired) electrons. The summed E-state index contributed by atoms with van der Waals surface area (Å²) in [6.07, 6.45) is 0.356. The number of methoxy groups -OCH3 is 1. The van der Waals surface area contributed by atoms with Crippen LogP contribution in [-0.4, -0.2) is 26.6 Å². The van der Waals surface area contributed by atoms with Crippen LogP contribution in [0.15, 0.2) is 65.6 Å². The Hall–Kier alpha value is -3.03. The quantitative estimate of drug-likeness (QED) is 0.547. The van der Waals surface area contributed by atoms with E-state index in [1.165, 1.54) is 25.3 Å². The summed E-state index contributed by atoms with van der Waals surface area (Å²) in [4.78, 5) is 11.6. The van der Waals surface area contributed by atoms with Gasteiger partial charge in [0.15, 0.2) is 0 Å². The zero-order valence-electron chi connectivity index (χ0n) is 16.3. The highest BCUT2D eigenvalue weighted by Gasteiger charge is 2.24. The first-order valence-corrected chi connectivity index (χ1v) is 10.8. The van der Waals surface area contributed by atoms with Gasteiger partial charge in [-0.2, -0.15) is 0 Å². The SMILES string of the molecule is COc1ccc(S(=O)(=O)Nc2c(C(=O)O)ccc(Cl)c2C)c(Cc2ccccc2)c1. The third-order valence-electron chi connectivity index (χ3n) is 4.66. The fourth-order valence-electron chi connectivity index (χ4n) is 3.08. The molecule has 0 saturated carbocycles. The largest absolute Gasteiger partial charge is 0.497 e. The van der Waals surface area contributed by atoms with Crippen LogP contribution >= 0.6 is 11.6 Å². The van der Waals surface area contributed by atoms with Gasteiger partial charge in [-0.05, 0) is 60.4 Å². The van der Waals surface area contributed by atoms with Gasteiger partial charge in [0.25, 0.3) is 10.0 Å². The third-order valence-corrected chi connectivity index (χ3v) is 6.52. The highest BCUT2D eigenvalue weighted by molar-refractivity contribution is 7.92. The molecule has 0 atom stereocenters. The van der Waals surface area contributed by atoms with Crippen LogP contribution in [0.4, 0.5) is 5.69 Å². The number of rotatable bonds is 7. The van der Waals surface area contributed by atoms with E-state index >= 15 is 0 Å². The summed E-state index contributed by atoms with van der Waals surface area (Å²) < 4.78 is 34.2. The number of carboxylic acid groups (broad SMARTS) is 1. The molecule has 3 aromatic carbocycles. The summed E-state index contributed by atoms with van der Waals surface area (Å²) >= 11 is 6.10. The van der Waals surface area contributed by atoms with Crippen molar-refractivity contribution in [3.05, 3.63) is 87.9 Å². The number of carboxylic acids is 1. The van der Waals surface area contributed by atoms with Crippen LogP contribution in [0.5, 0.6) is 5.75 Å². The van der Waals surface area contributed by atoms with E-state index in [2.05, 4.69) is 4.72 Å². The Kier molecular flexibility index (Phi) is 6.34. The molecule has 3 aromatic rings. The number of sulfonamides is 1. The molecule has 0 spiro atoms. The second-order valence-corrected chi connectivity index (χ2v) is 8.70. The number of anilines is 1. The molecule has 0 fully saturated rings. The van der Waals surface area contributed by atoms with Crippen LogP contribution in [-0.2, 0) is 16.4 Å². The number of halogens is 1. The third kappa shape index (κ3) is 4.58. The Morgan fingerprint density at radius 1 is 1.10 bits per heavy atom. The van der Waals surface area contributed by atoms with E-state index < -0.39 is 16.0 Å². The predicted molar refractivity (Wildman–Crippen MR) is 116 cm³/mol. The van der Waals surface area contributed by atoms with Crippen molar-refractivity contribution in [1.29, 1.82) is 0 Å². The highest BCUT2D eigenvalue weighted by Crippen LogP contribution is 2.31. The Morgan fingerprint density at radius 3 is 2.43 bits per heavy atom. The van der Waals surface area contributed by atoms with Crippen LogP contribution in [0.3, 0.4) is 0 Å². The molecule has 0 saturated heterocycles. The van der Waals surface area contributed by atoms with Crippen LogP contribution in [0, 0.1) is 6.92 Å². The topological polar surface area (TPSA) is 92.7 Å². The summed E-state index contributed by atoms with van der Waals surface area (Å²) in [6.45, 7) is 1.56. The number of hydrogen-bond acceptors (Lipinski definition) is 4. The lowest BCUT2D eigenvalue weighted by molar-refractivity contribution is 0.0698. The molecular formula is C22H20ClNO5S. The fourth-order valence-corrected chi connectivity index (χ4v) is 4.61. The van der Waals surface area contributed by atoms with Crippen LogP contribution in [0.25, 0.3) is 0 Å². The van der Waals surface area contributed by atoms with Gasteiger partial charge in [0.1, 0.15) is 5.75 Å². The van der Waals surface area contributed by atoms with E-state index in [9.17, 15) is 18.3 Å². The first kappa shape index (κ1) is 21.7. The van der Waals surface area contributed by atoms with Gasteiger partial charge in [-0.25, -0.2) is 13.2 Å². The Labute approximate surface area is 180 Å². The van der Waals surface area contributed by atoms with Gasteiger partial charge in [0, 0.05) is 5.02 Å². The number of ether oxygens (including phenoxy) is 1. The fraction of sp³-hybridized carbons (Fsp3) is 0.136. The zero-order chi connectivity index (χ0) is 21.9. The summed E-state index contributed by atoms with van der Waals surface area (Å²) in [5.41, 5.74) is 1.53. The van der Waals surface area contributed by atoms with Crippen molar-refractivity contribution in [3.63, 3.8) is 0 Å². The summed E-state index contributed by atoms with van der Waals surface area (Å²) in [5.74, 6) is -0.739. The average molecular weight is 446 g/mol. The minimum atomic E-state index is -4.11. The van der Waals surface area contributed by atoms with Crippen molar-refractivity contribution in [2.75, 3.05) is 11.8 Å². The first-order chi connectivity index (χ1) is 14.2. The molecule has 156 valence electrons. The molecule has 0 amide bonds. The first-order valence-electron chi connectivity index (χ1n) is 8.99. The molecule has 6 nitrogen and oxygen atoms in total. The summed E-state index contributed by atoms with van der Waals surface area (Å²) in [5, 5.41) is 9.73. The minimum Gasteiger partial charge on any atom is -0.497 e. The highest BCUT2D eigenvalue weighted by atomic mass is 35.5. The molecule has 0 bridgehead atoms. The average Bonchev–Trinajstić information content (AvgIpc) is 2.71. The second-order valence-electron chi connectivity index (χ2n) is 6.64. The molecule has 30 heavy (non-hydrogen) atoms. The van der Waals surface area contributed by atoms with Gasteiger partial charge in [0.05, 0.1) is 23.3 Å². The van der Waals surface area contributed by atoms with E-state index in [4.69, 9.17) is 16.3 Å². The van der Waals surface area contributed by atoms with Gasteiger partial charge in [-0.15, -0.1) is 0 Å². The van der Waals surface area contributed by atoms with Crippen molar-refractivity contribution in [2.45, 2.75) is 18.2 Å². The zero-order valence-corrected chi connectivity index (χ0v) is 17.9. The molecule has 2 N–H and O–H groups in total. The van der Waals surface area contributed by atoms with Gasteiger partial charge in [-0.1, -0.05) is 41.9 Å². The van der Waals surface area contributed by atoms with Gasteiger partial charge in [-0.3, -0.25) is 4.72 Å². The van der Waals surface area contributed by atoms with Crippen LogP contribution < -0.4 is 9.46 Å². The predicted octanol–water partition coefficient (Wildman–Crippen LogP) is 4.75. The standard InChI is InChI=1S/C22H20ClNO5S/c1-14-19(23)10-9-18(22(25)26)21(14)24-30(27,28)20-11-8-17(29-2)13-16(20)12-15-6-4-3-5-7-15/h3-11,13,24H,12H2,1-2H3,(H,25,26). The molecule has 0 aromatic heterocycles. The van der Waals surface area contributed by atoms with Gasteiger partial charge >= 0.3 is 5.97 Å². The maximum Gasteiger partial charge on any atom is 0.337 e. The van der Waals surface area contributed by atoms with E-state index in [0.717, 1.165) is 5.56 Å². The Bertz CT molecular complexity index is 1190. The van der Waals surface area contributed by atoms with Crippen molar-refractivity contribution in [1.82, 2.24) is 0 Å². The molecule has 0 unspecified atom stereocenters. The lowest BCUT2D eigenvalue weighted by Crippen LogP contribution is -2.18. The van der Waals surface area contributed by atoms with Crippen LogP contribution in [0.2, 0.25) is 5.02 Å². The van der Waals surface area contributed by atoms with Gasteiger partial charge in [0.2, 0.25) is 0 Å². The lowest BCUT2D eigenvalue weighted by atomic mass is 10.0. The van der Waals surface area contributed by atoms with Crippen molar-refractivity contribution >= 4 is 33.3 Å². The molecule has 0 aliphatic heterocycles. The minimum absolute atomic E-state index is 0.0304. The smallest absolute Gasteiger partial charge is 0.337 e. The molecule has 8 heteroatoms. The van der Waals surface area contributed by atoms with E-state index in [1.807, 2.05) is 30.3 Å². The Morgan fingerprint density at radius 2 is 1.80 bits per heavy atom. The normalized spacial score (nSPS) is 11.2. The summed E-state index contributed by atoms with van der Waals surface area (Å²) in [7, 11) is -2.61.